The number of carbonyl (C=O) groups is 1. The molecule has 1 amide bonds. The van der Waals surface area contributed by atoms with Gasteiger partial charge in [0.25, 0.3) is 0 Å². The van der Waals surface area contributed by atoms with Crippen molar-refractivity contribution in [1.29, 1.82) is 0 Å². The lowest BCUT2D eigenvalue weighted by atomic mass is 10.0. The standard InChI is InChI=1S/C19H28ClN3O2/c1-14-3-4-17(11-19(14)20)21-7-5-16(6-8-21)23-10-9-22(15(2)24)12-18(25)13-23/h3-4,11,16,18,25H,5-10,12-13H2,1-2H3. The monoisotopic (exact) mass is 365 g/mol. The number of amides is 1. The van der Waals surface area contributed by atoms with Crippen molar-refractivity contribution in [2.75, 3.05) is 44.2 Å². The summed E-state index contributed by atoms with van der Waals surface area (Å²) >= 11 is 6.26. The van der Waals surface area contributed by atoms with Gasteiger partial charge in [-0.05, 0) is 37.5 Å². The Morgan fingerprint density at radius 2 is 1.88 bits per heavy atom. The molecule has 6 heteroatoms. The zero-order valence-electron chi connectivity index (χ0n) is 15.1. The molecule has 0 aliphatic carbocycles. The fourth-order valence-electron chi connectivity index (χ4n) is 3.90. The molecule has 0 saturated carbocycles. The van der Waals surface area contributed by atoms with Crippen molar-refractivity contribution in [2.45, 2.75) is 38.8 Å². The highest BCUT2D eigenvalue weighted by Crippen LogP contribution is 2.27. The highest BCUT2D eigenvalue weighted by Gasteiger charge is 2.29. The maximum atomic E-state index is 11.6. The molecule has 1 atom stereocenters. The third-order valence-corrected chi connectivity index (χ3v) is 5.89. The molecule has 1 unspecified atom stereocenters. The molecule has 1 aromatic rings. The van der Waals surface area contributed by atoms with Gasteiger partial charge in [0.15, 0.2) is 0 Å². The normalized spacial score (nSPS) is 23.6. The molecule has 2 saturated heterocycles. The van der Waals surface area contributed by atoms with E-state index in [1.807, 2.05) is 6.92 Å². The highest BCUT2D eigenvalue weighted by molar-refractivity contribution is 6.31. The van der Waals surface area contributed by atoms with E-state index in [-0.39, 0.29) is 5.91 Å². The van der Waals surface area contributed by atoms with Gasteiger partial charge in [-0.15, -0.1) is 0 Å². The van der Waals surface area contributed by atoms with Gasteiger partial charge in [-0.2, -0.15) is 0 Å². The van der Waals surface area contributed by atoms with Crippen molar-refractivity contribution >= 4 is 23.2 Å². The first-order chi connectivity index (χ1) is 11.9. The van der Waals surface area contributed by atoms with E-state index in [1.165, 1.54) is 5.69 Å². The van der Waals surface area contributed by atoms with E-state index in [4.69, 9.17) is 11.6 Å². The van der Waals surface area contributed by atoms with Crippen LogP contribution < -0.4 is 4.90 Å². The number of hydrogen-bond acceptors (Lipinski definition) is 4. The summed E-state index contributed by atoms with van der Waals surface area (Å²) in [5.74, 6) is 0.0481. The van der Waals surface area contributed by atoms with Crippen LogP contribution in [0.1, 0.15) is 25.3 Å². The summed E-state index contributed by atoms with van der Waals surface area (Å²) in [6.45, 7) is 8.25. The molecule has 2 fully saturated rings. The number of anilines is 1. The van der Waals surface area contributed by atoms with Crippen LogP contribution >= 0.6 is 11.6 Å². The molecule has 0 bridgehead atoms. The number of aliphatic hydroxyl groups is 1. The predicted molar refractivity (Wildman–Crippen MR) is 101 cm³/mol. The lowest BCUT2D eigenvalue weighted by molar-refractivity contribution is -0.129. The van der Waals surface area contributed by atoms with E-state index in [2.05, 4.69) is 28.0 Å². The number of aliphatic hydroxyl groups excluding tert-OH is 1. The van der Waals surface area contributed by atoms with Gasteiger partial charge in [0, 0.05) is 62.9 Å². The summed E-state index contributed by atoms with van der Waals surface area (Å²) in [7, 11) is 0. The number of rotatable bonds is 2. The Balaban J connectivity index is 1.58. The fourth-order valence-corrected chi connectivity index (χ4v) is 4.07. The quantitative estimate of drug-likeness (QED) is 0.872. The van der Waals surface area contributed by atoms with Gasteiger partial charge in [-0.3, -0.25) is 9.69 Å². The Hall–Kier alpha value is -1.30. The van der Waals surface area contributed by atoms with E-state index < -0.39 is 6.10 Å². The summed E-state index contributed by atoms with van der Waals surface area (Å²) in [6.07, 6.45) is 1.68. The van der Waals surface area contributed by atoms with Crippen molar-refractivity contribution in [3.63, 3.8) is 0 Å². The van der Waals surface area contributed by atoms with Gasteiger partial charge in [-0.25, -0.2) is 0 Å². The SMILES string of the molecule is CC(=O)N1CCN(C2CCN(c3ccc(C)c(Cl)c3)CC2)CC(O)C1. The van der Waals surface area contributed by atoms with Crippen LogP contribution in [0.3, 0.4) is 0 Å². The van der Waals surface area contributed by atoms with E-state index in [1.54, 1.807) is 11.8 Å². The first kappa shape index (κ1) is 18.5. The van der Waals surface area contributed by atoms with Crippen LogP contribution in [0.2, 0.25) is 5.02 Å². The summed E-state index contributed by atoms with van der Waals surface area (Å²) in [5, 5.41) is 11.1. The molecule has 0 aromatic heterocycles. The van der Waals surface area contributed by atoms with E-state index in [0.717, 1.165) is 43.1 Å². The first-order valence-corrected chi connectivity index (χ1v) is 9.50. The minimum Gasteiger partial charge on any atom is -0.390 e. The molecule has 25 heavy (non-hydrogen) atoms. The smallest absolute Gasteiger partial charge is 0.219 e. The van der Waals surface area contributed by atoms with E-state index >= 15 is 0 Å². The van der Waals surface area contributed by atoms with Crippen LogP contribution in [0.25, 0.3) is 0 Å². The summed E-state index contributed by atoms with van der Waals surface area (Å²) in [5.41, 5.74) is 2.29. The number of carbonyl (C=O) groups excluding carboxylic acids is 1. The molecule has 2 heterocycles. The second kappa shape index (κ2) is 7.94. The average Bonchev–Trinajstić information content (AvgIpc) is 2.79. The lowest BCUT2D eigenvalue weighted by Crippen LogP contribution is -2.47. The molecule has 1 N–H and O–H groups in total. The molecule has 2 aliphatic rings. The number of aryl methyl sites for hydroxylation is 1. The second-order valence-electron chi connectivity index (χ2n) is 7.27. The molecule has 2 aliphatic heterocycles. The Labute approximate surface area is 155 Å². The van der Waals surface area contributed by atoms with Crippen LogP contribution in [0, 0.1) is 6.92 Å². The van der Waals surface area contributed by atoms with Crippen molar-refractivity contribution in [3.05, 3.63) is 28.8 Å². The Kier molecular flexibility index (Phi) is 5.87. The van der Waals surface area contributed by atoms with E-state index in [9.17, 15) is 9.90 Å². The van der Waals surface area contributed by atoms with Crippen molar-refractivity contribution in [1.82, 2.24) is 9.80 Å². The third-order valence-electron chi connectivity index (χ3n) is 5.48. The minimum absolute atomic E-state index is 0.0481. The predicted octanol–water partition coefficient (Wildman–Crippen LogP) is 2.14. The number of β-amino-alcohol motifs (C(OH)–C–C–N with tert-alkyl or cyclic N) is 1. The molecule has 138 valence electrons. The topological polar surface area (TPSA) is 47.0 Å². The molecular formula is C19H28ClN3O2. The minimum atomic E-state index is -0.458. The third kappa shape index (κ3) is 4.46. The maximum absolute atomic E-state index is 11.6. The van der Waals surface area contributed by atoms with Crippen LogP contribution in [0.5, 0.6) is 0 Å². The molecule has 0 spiro atoms. The largest absolute Gasteiger partial charge is 0.390 e. The summed E-state index contributed by atoms with van der Waals surface area (Å²) in [4.78, 5) is 18.1. The number of nitrogens with zero attached hydrogens (tertiary/aromatic N) is 3. The average molecular weight is 366 g/mol. The van der Waals surface area contributed by atoms with Gasteiger partial charge in [0.05, 0.1) is 6.10 Å². The highest BCUT2D eigenvalue weighted by atomic mass is 35.5. The van der Waals surface area contributed by atoms with Crippen LogP contribution in [-0.2, 0) is 4.79 Å². The molecule has 5 nitrogen and oxygen atoms in total. The molecule has 1 aromatic carbocycles. The van der Waals surface area contributed by atoms with Gasteiger partial charge in [-0.1, -0.05) is 17.7 Å². The Bertz CT molecular complexity index is 617. The summed E-state index contributed by atoms with van der Waals surface area (Å²) in [6, 6.07) is 6.74. The second-order valence-corrected chi connectivity index (χ2v) is 7.67. The molecular weight excluding hydrogens is 338 g/mol. The van der Waals surface area contributed by atoms with Crippen molar-refractivity contribution in [2.24, 2.45) is 0 Å². The van der Waals surface area contributed by atoms with Gasteiger partial charge >= 0.3 is 0 Å². The number of piperidine rings is 1. The van der Waals surface area contributed by atoms with Gasteiger partial charge in [0.2, 0.25) is 5.91 Å². The van der Waals surface area contributed by atoms with E-state index in [0.29, 0.717) is 25.7 Å². The van der Waals surface area contributed by atoms with Gasteiger partial charge < -0.3 is 14.9 Å². The molecule has 0 radical (unpaired) electrons. The number of hydrogen-bond donors (Lipinski definition) is 1. The zero-order valence-corrected chi connectivity index (χ0v) is 15.9. The van der Waals surface area contributed by atoms with Crippen molar-refractivity contribution < 1.29 is 9.90 Å². The zero-order chi connectivity index (χ0) is 18.0. The Morgan fingerprint density at radius 1 is 1.16 bits per heavy atom. The summed E-state index contributed by atoms with van der Waals surface area (Å²) < 4.78 is 0. The number of halogens is 1. The molecule has 3 rings (SSSR count). The Morgan fingerprint density at radius 3 is 2.52 bits per heavy atom. The lowest BCUT2D eigenvalue weighted by Gasteiger charge is -2.39. The number of benzene rings is 1. The maximum Gasteiger partial charge on any atom is 0.219 e. The van der Waals surface area contributed by atoms with Crippen LogP contribution in [-0.4, -0.2) is 72.2 Å². The van der Waals surface area contributed by atoms with Crippen LogP contribution in [0.15, 0.2) is 18.2 Å². The first-order valence-electron chi connectivity index (χ1n) is 9.13. The fraction of sp³-hybridized carbons (Fsp3) is 0.632. The van der Waals surface area contributed by atoms with Gasteiger partial charge in [0.1, 0.15) is 0 Å². The van der Waals surface area contributed by atoms with Crippen LogP contribution in [0.4, 0.5) is 5.69 Å². The van der Waals surface area contributed by atoms with Crippen molar-refractivity contribution in [3.8, 4) is 0 Å².